The van der Waals surface area contributed by atoms with E-state index in [1.165, 1.54) is 6.26 Å². The molecular formula is C8H11N3O3. The minimum absolute atomic E-state index is 0.214. The van der Waals surface area contributed by atoms with E-state index < -0.39 is 11.9 Å². The summed E-state index contributed by atoms with van der Waals surface area (Å²) < 4.78 is 4.96. The van der Waals surface area contributed by atoms with Crippen molar-refractivity contribution in [3.05, 3.63) is 24.2 Å². The molecule has 1 aromatic heterocycles. The topological polar surface area (TPSA) is 97.4 Å². The lowest BCUT2D eigenvalue weighted by atomic mass is 10.4. The van der Waals surface area contributed by atoms with Crippen LogP contribution in [0.1, 0.15) is 5.76 Å². The number of hydrogen-bond donors (Lipinski definition) is 3. The van der Waals surface area contributed by atoms with Gasteiger partial charge in [-0.25, -0.2) is 4.79 Å². The highest BCUT2D eigenvalue weighted by Crippen LogP contribution is 1.97. The third-order valence-corrected chi connectivity index (χ3v) is 1.44. The Labute approximate surface area is 80.4 Å². The molecule has 1 heterocycles. The normalized spacial score (nSPS) is 9.50. The van der Waals surface area contributed by atoms with Gasteiger partial charge in [0, 0.05) is 0 Å². The molecule has 0 aliphatic carbocycles. The first-order valence-electron chi connectivity index (χ1n) is 4.02. The Bertz CT molecular complexity index is 308. The second kappa shape index (κ2) is 5.03. The van der Waals surface area contributed by atoms with Crippen molar-refractivity contribution in [3.63, 3.8) is 0 Å². The van der Waals surface area contributed by atoms with Crippen LogP contribution in [0.3, 0.4) is 0 Å². The number of rotatable bonds is 3. The quantitative estimate of drug-likeness (QED) is 0.612. The number of carbonyl (C=O) groups excluding carboxylic acids is 2. The SMILES string of the molecule is NCC(=O)NC(=O)NCc1ccco1. The van der Waals surface area contributed by atoms with E-state index in [0.717, 1.165) is 0 Å². The van der Waals surface area contributed by atoms with Gasteiger partial charge in [0.25, 0.3) is 0 Å². The van der Waals surface area contributed by atoms with Gasteiger partial charge in [0.05, 0.1) is 19.4 Å². The standard InChI is InChI=1S/C8H11N3O3/c9-4-7(12)11-8(13)10-5-6-2-1-3-14-6/h1-3H,4-5,9H2,(H2,10,11,12,13). The van der Waals surface area contributed by atoms with E-state index in [9.17, 15) is 9.59 Å². The van der Waals surface area contributed by atoms with Gasteiger partial charge >= 0.3 is 6.03 Å². The molecule has 0 bridgehead atoms. The highest BCUT2D eigenvalue weighted by atomic mass is 16.3. The van der Waals surface area contributed by atoms with Gasteiger partial charge in [-0.2, -0.15) is 0 Å². The predicted molar refractivity (Wildman–Crippen MR) is 48.1 cm³/mol. The summed E-state index contributed by atoms with van der Waals surface area (Å²) in [6, 6.07) is 2.84. The van der Waals surface area contributed by atoms with Gasteiger partial charge < -0.3 is 15.5 Å². The summed E-state index contributed by atoms with van der Waals surface area (Å²) in [5.74, 6) is 0.0855. The number of nitrogens with two attached hydrogens (primary N) is 1. The Kier molecular flexibility index (Phi) is 3.69. The minimum Gasteiger partial charge on any atom is -0.467 e. The van der Waals surface area contributed by atoms with Crippen LogP contribution >= 0.6 is 0 Å². The molecule has 6 nitrogen and oxygen atoms in total. The molecule has 76 valence electrons. The average Bonchev–Trinajstić information content (AvgIpc) is 2.67. The molecule has 1 rings (SSSR count). The summed E-state index contributed by atoms with van der Waals surface area (Å²) >= 11 is 0. The molecule has 0 atom stereocenters. The zero-order valence-electron chi connectivity index (χ0n) is 7.45. The van der Waals surface area contributed by atoms with Crippen LogP contribution in [0, 0.1) is 0 Å². The monoisotopic (exact) mass is 197 g/mol. The molecule has 1 aromatic rings. The zero-order valence-corrected chi connectivity index (χ0v) is 7.45. The van der Waals surface area contributed by atoms with Crippen LogP contribution in [0.25, 0.3) is 0 Å². The van der Waals surface area contributed by atoms with E-state index in [-0.39, 0.29) is 13.1 Å². The van der Waals surface area contributed by atoms with Crippen molar-refractivity contribution in [3.8, 4) is 0 Å². The fraction of sp³-hybridized carbons (Fsp3) is 0.250. The van der Waals surface area contributed by atoms with Crippen LogP contribution in [0.15, 0.2) is 22.8 Å². The van der Waals surface area contributed by atoms with Crippen LogP contribution in [-0.4, -0.2) is 18.5 Å². The van der Waals surface area contributed by atoms with Gasteiger partial charge in [-0.3, -0.25) is 10.1 Å². The summed E-state index contributed by atoms with van der Waals surface area (Å²) in [5.41, 5.74) is 5.00. The van der Waals surface area contributed by atoms with E-state index in [1.54, 1.807) is 12.1 Å². The van der Waals surface area contributed by atoms with Crippen molar-refractivity contribution in [2.24, 2.45) is 5.73 Å². The largest absolute Gasteiger partial charge is 0.467 e. The van der Waals surface area contributed by atoms with Crippen molar-refractivity contribution in [2.75, 3.05) is 6.54 Å². The summed E-state index contributed by atoms with van der Waals surface area (Å²) in [5, 5.41) is 4.47. The fourth-order valence-electron chi connectivity index (χ4n) is 0.802. The van der Waals surface area contributed by atoms with Gasteiger partial charge in [-0.05, 0) is 12.1 Å². The van der Waals surface area contributed by atoms with Crippen LogP contribution in [-0.2, 0) is 11.3 Å². The highest BCUT2D eigenvalue weighted by Gasteiger charge is 2.05. The van der Waals surface area contributed by atoms with Crippen LogP contribution in [0.2, 0.25) is 0 Å². The van der Waals surface area contributed by atoms with E-state index in [2.05, 4.69) is 5.32 Å². The molecule has 14 heavy (non-hydrogen) atoms. The van der Waals surface area contributed by atoms with Gasteiger partial charge in [0.15, 0.2) is 0 Å². The van der Waals surface area contributed by atoms with Gasteiger partial charge in [-0.1, -0.05) is 0 Å². The highest BCUT2D eigenvalue weighted by molar-refractivity contribution is 5.95. The molecule has 0 unspecified atom stereocenters. The van der Waals surface area contributed by atoms with Crippen LogP contribution in [0.4, 0.5) is 4.79 Å². The Morgan fingerprint density at radius 3 is 2.86 bits per heavy atom. The molecule has 3 amide bonds. The van der Waals surface area contributed by atoms with Crippen molar-refractivity contribution in [1.82, 2.24) is 10.6 Å². The van der Waals surface area contributed by atoms with E-state index >= 15 is 0 Å². The van der Waals surface area contributed by atoms with E-state index in [4.69, 9.17) is 10.2 Å². The van der Waals surface area contributed by atoms with Crippen molar-refractivity contribution in [1.29, 1.82) is 0 Å². The summed E-state index contributed by atoms with van der Waals surface area (Å²) in [7, 11) is 0. The van der Waals surface area contributed by atoms with E-state index in [1.807, 2.05) is 5.32 Å². The molecule has 0 aliphatic rings. The molecule has 0 saturated carbocycles. The number of carbonyl (C=O) groups is 2. The smallest absolute Gasteiger partial charge is 0.321 e. The van der Waals surface area contributed by atoms with E-state index in [0.29, 0.717) is 5.76 Å². The molecule has 0 aliphatic heterocycles. The van der Waals surface area contributed by atoms with Gasteiger partial charge in [0.1, 0.15) is 5.76 Å². The summed E-state index contributed by atoms with van der Waals surface area (Å²) in [6.45, 7) is 0.0187. The number of imide groups is 1. The first-order chi connectivity index (χ1) is 6.72. The molecule has 0 radical (unpaired) electrons. The molecule has 0 spiro atoms. The lowest BCUT2D eigenvalue weighted by Crippen LogP contribution is -2.41. The van der Waals surface area contributed by atoms with Crippen molar-refractivity contribution < 1.29 is 14.0 Å². The molecular weight excluding hydrogens is 186 g/mol. The predicted octanol–water partition coefficient (Wildman–Crippen LogP) is -0.436. The Morgan fingerprint density at radius 2 is 2.29 bits per heavy atom. The number of amides is 3. The number of urea groups is 1. The lowest BCUT2D eigenvalue weighted by Gasteiger charge is -2.03. The van der Waals surface area contributed by atoms with Crippen molar-refractivity contribution in [2.45, 2.75) is 6.54 Å². The molecule has 4 N–H and O–H groups in total. The van der Waals surface area contributed by atoms with Gasteiger partial charge in [0.2, 0.25) is 5.91 Å². The van der Waals surface area contributed by atoms with Crippen LogP contribution in [0.5, 0.6) is 0 Å². The van der Waals surface area contributed by atoms with Gasteiger partial charge in [-0.15, -0.1) is 0 Å². The molecule has 0 aromatic carbocycles. The molecule has 0 fully saturated rings. The average molecular weight is 197 g/mol. The third-order valence-electron chi connectivity index (χ3n) is 1.44. The maximum atomic E-state index is 11.0. The Hall–Kier alpha value is -1.82. The Morgan fingerprint density at radius 1 is 1.50 bits per heavy atom. The minimum atomic E-state index is -0.586. The number of nitrogens with one attached hydrogen (secondary N) is 2. The number of furan rings is 1. The fourth-order valence-corrected chi connectivity index (χ4v) is 0.802. The number of hydrogen-bond acceptors (Lipinski definition) is 4. The lowest BCUT2D eigenvalue weighted by molar-refractivity contribution is -0.118. The summed E-state index contributed by atoms with van der Waals surface area (Å²) in [6.07, 6.45) is 1.50. The van der Waals surface area contributed by atoms with Crippen molar-refractivity contribution >= 4 is 11.9 Å². The molecule has 6 heteroatoms. The third kappa shape index (κ3) is 3.28. The molecule has 0 saturated heterocycles. The Balaban J connectivity index is 2.25. The van der Waals surface area contributed by atoms with Crippen LogP contribution < -0.4 is 16.4 Å². The first-order valence-corrected chi connectivity index (χ1v) is 4.02. The zero-order chi connectivity index (χ0) is 10.4. The second-order valence-electron chi connectivity index (χ2n) is 2.51. The summed E-state index contributed by atoms with van der Waals surface area (Å²) in [4.78, 5) is 21.6. The first kappa shape index (κ1) is 10.3. The second-order valence-corrected chi connectivity index (χ2v) is 2.51. The maximum Gasteiger partial charge on any atom is 0.321 e. The maximum absolute atomic E-state index is 11.0.